The molecule has 3 nitrogen and oxygen atoms in total. The SMILES string of the molecule is CC(O)CNOCc1ccccc1. The van der Waals surface area contributed by atoms with Gasteiger partial charge in [-0.15, -0.1) is 0 Å². The predicted molar refractivity (Wildman–Crippen MR) is 50.9 cm³/mol. The molecule has 1 unspecified atom stereocenters. The highest BCUT2D eigenvalue weighted by Gasteiger charge is 1.94. The van der Waals surface area contributed by atoms with Gasteiger partial charge in [-0.05, 0) is 12.5 Å². The van der Waals surface area contributed by atoms with Crippen LogP contribution in [0.3, 0.4) is 0 Å². The maximum absolute atomic E-state index is 8.91. The van der Waals surface area contributed by atoms with Crippen LogP contribution in [0, 0.1) is 0 Å². The summed E-state index contributed by atoms with van der Waals surface area (Å²) < 4.78 is 0. The Labute approximate surface area is 78.3 Å². The number of benzene rings is 1. The first-order valence-electron chi connectivity index (χ1n) is 4.35. The normalized spacial score (nSPS) is 12.8. The van der Waals surface area contributed by atoms with Gasteiger partial charge in [0, 0.05) is 6.54 Å². The number of hydrogen-bond donors (Lipinski definition) is 2. The Bertz CT molecular complexity index is 224. The Morgan fingerprint density at radius 3 is 2.69 bits per heavy atom. The van der Waals surface area contributed by atoms with E-state index in [0.717, 1.165) is 5.56 Å². The zero-order valence-electron chi connectivity index (χ0n) is 7.73. The van der Waals surface area contributed by atoms with Crippen molar-refractivity contribution in [1.82, 2.24) is 5.48 Å². The van der Waals surface area contributed by atoms with Crippen molar-refractivity contribution in [2.75, 3.05) is 6.54 Å². The molecule has 2 N–H and O–H groups in total. The van der Waals surface area contributed by atoms with Crippen LogP contribution in [0.15, 0.2) is 30.3 Å². The molecule has 1 atom stereocenters. The molecular weight excluding hydrogens is 166 g/mol. The molecule has 1 aromatic rings. The fourth-order valence-corrected chi connectivity index (χ4v) is 0.888. The Balaban J connectivity index is 2.13. The topological polar surface area (TPSA) is 41.5 Å². The van der Waals surface area contributed by atoms with Crippen LogP contribution in [0.4, 0.5) is 0 Å². The van der Waals surface area contributed by atoms with Gasteiger partial charge in [-0.3, -0.25) is 4.84 Å². The smallest absolute Gasteiger partial charge is 0.0933 e. The van der Waals surface area contributed by atoms with E-state index in [1.54, 1.807) is 6.92 Å². The van der Waals surface area contributed by atoms with Gasteiger partial charge in [0.25, 0.3) is 0 Å². The molecule has 0 aromatic heterocycles. The first-order chi connectivity index (χ1) is 6.29. The third-order valence-corrected chi connectivity index (χ3v) is 1.56. The van der Waals surface area contributed by atoms with Crippen LogP contribution in [-0.4, -0.2) is 17.8 Å². The second kappa shape index (κ2) is 5.70. The summed E-state index contributed by atoms with van der Waals surface area (Å²) in [6.07, 6.45) is -0.379. The van der Waals surface area contributed by atoms with Gasteiger partial charge < -0.3 is 5.11 Å². The molecule has 3 heteroatoms. The number of rotatable bonds is 5. The van der Waals surface area contributed by atoms with E-state index in [-0.39, 0.29) is 6.10 Å². The Morgan fingerprint density at radius 1 is 1.38 bits per heavy atom. The molecule has 0 saturated heterocycles. The van der Waals surface area contributed by atoms with E-state index >= 15 is 0 Å². The molecule has 0 bridgehead atoms. The van der Waals surface area contributed by atoms with Crippen molar-refractivity contribution in [2.24, 2.45) is 0 Å². The molecule has 0 amide bonds. The van der Waals surface area contributed by atoms with Crippen LogP contribution in [0.1, 0.15) is 12.5 Å². The summed E-state index contributed by atoms with van der Waals surface area (Å²) in [5.41, 5.74) is 3.79. The molecule has 0 aliphatic rings. The van der Waals surface area contributed by atoms with Crippen molar-refractivity contribution >= 4 is 0 Å². The molecule has 0 heterocycles. The van der Waals surface area contributed by atoms with Gasteiger partial charge in [0.1, 0.15) is 0 Å². The summed E-state index contributed by atoms with van der Waals surface area (Å²) in [7, 11) is 0. The van der Waals surface area contributed by atoms with E-state index in [1.807, 2.05) is 30.3 Å². The number of aliphatic hydroxyl groups is 1. The number of hydrogen-bond acceptors (Lipinski definition) is 3. The zero-order chi connectivity index (χ0) is 9.52. The summed E-state index contributed by atoms with van der Waals surface area (Å²) in [6.45, 7) is 2.68. The summed E-state index contributed by atoms with van der Waals surface area (Å²) in [4.78, 5) is 5.12. The maximum atomic E-state index is 8.91. The van der Waals surface area contributed by atoms with Crippen molar-refractivity contribution in [3.63, 3.8) is 0 Å². The van der Waals surface area contributed by atoms with E-state index in [2.05, 4.69) is 5.48 Å². The van der Waals surface area contributed by atoms with E-state index < -0.39 is 0 Å². The van der Waals surface area contributed by atoms with Crippen molar-refractivity contribution < 1.29 is 9.94 Å². The van der Waals surface area contributed by atoms with Gasteiger partial charge in [0.2, 0.25) is 0 Å². The van der Waals surface area contributed by atoms with Crippen LogP contribution >= 0.6 is 0 Å². The Kier molecular flexibility index (Phi) is 4.46. The van der Waals surface area contributed by atoms with Crippen LogP contribution in [0.2, 0.25) is 0 Å². The van der Waals surface area contributed by atoms with Gasteiger partial charge in [0.05, 0.1) is 12.7 Å². The van der Waals surface area contributed by atoms with Crippen LogP contribution in [0.25, 0.3) is 0 Å². The lowest BCUT2D eigenvalue weighted by molar-refractivity contribution is 0.00645. The Hall–Kier alpha value is -0.900. The highest BCUT2D eigenvalue weighted by molar-refractivity contribution is 5.13. The van der Waals surface area contributed by atoms with Gasteiger partial charge in [-0.2, -0.15) is 5.48 Å². The molecule has 1 rings (SSSR count). The largest absolute Gasteiger partial charge is 0.392 e. The van der Waals surface area contributed by atoms with Gasteiger partial charge in [-0.1, -0.05) is 30.3 Å². The summed E-state index contributed by atoms with van der Waals surface area (Å²) in [6, 6.07) is 9.88. The first kappa shape index (κ1) is 10.2. The van der Waals surface area contributed by atoms with Crippen LogP contribution in [0.5, 0.6) is 0 Å². The van der Waals surface area contributed by atoms with Gasteiger partial charge in [0.15, 0.2) is 0 Å². The van der Waals surface area contributed by atoms with E-state index in [0.29, 0.717) is 13.2 Å². The second-order valence-electron chi connectivity index (χ2n) is 2.97. The molecule has 0 radical (unpaired) electrons. The number of hydroxylamine groups is 1. The molecule has 1 aromatic carbocycles. The Morgan fingerprint density at radius 2 is 2.08 bits per heavy atom. The summed E-state index contributed by atoms with van der Waals surface area (Å²) in [5.74, 6) is 0. The molecule has 0 aliphatic heterocycles. The lowest BCUT2D eigenvalue weighted by atomic mass is 10.2. The first-order valence-corrected chi connectivity index (χ1v) is 4.35. The van der Waals surface area contributed by atoms with Gasteiger partial charge >= 0.3 is 0 Å². The predicted octanol–water partition coefficient (Wildman–Crippen LogP) is 1.09. The molecule has 0 saturated carbocycles. The molecule has 13 heavy (non-hydrogen) atoms. The molecule has 0 aliphatic carbocycles. The lowest BCUT2D eigenvalue weighted by Gasteiger charge is -2.07. The quantitative estimate of drug-likeness (QED) is 0.527. The molecule has 72 valence electrons. The molecule has 0 fully saturated rings. The van der Waals surface area contributed by atoms with Crippen molar-refractivity contribution in [2.45, 2.75) is 19.6 Å². The van der Waals surface area contributed by atoms with Crippen LogP contribution < -0.4 is 5.48 Å². The average molecular weight is 181 g/mol. The maximum Gasteiger partial charge on any atom is 0.0933 e. The van der Waals surface area contributed by atoms with E-state index in [4.69, 9.17) is 9.94 Å². The number of nitrogens with one attached hydrogen (secondary N) is 1. The van der Waals surface area contributed by atoms with Gasteiger partial charge in [-0.25, -0.2) is 0 Å². The van der Waals surface area contributed by atoms with Crippen molar-refractivity contribution in [1.29, 1.82) is 0 Å². The lowest BCUT2D eigenvalue weighted by Crippen LogP contribution is -2.24. The van der Waals surface area contributed by atoms with Crippen molar-refractivity contribution in [3.05, 3.63) is 35.9 Å². The molecule has 0 spiro atoms. The third-order valence-electron chi connectivity index (χ3n) is 1.56. The summed E-state index contributed by atoms with van der Waals surface area (Å²) in [5, 5.41) is 8.91. The monoisotopic (exact) mass is 181 g/mol. The van der Waals surface area contributed by atoms with Crippen molar-refractivity contribution in [3.8, 4) is 0 Å². The highest BCUT2D eigenvalue weighted by Crippen LogP contribution is 1.98. The van der Waals surface area contributed by atoms with E-state index in [9.17, 15) is 0 Å². The average Bonchev–Trinajstić information content (AvgIpc) is 2.14. The fraction of sp³-hybridized carbons (Fsp3) is 0.400. The summed E-state index contributed by atoms with van der Waals surface area (Å²) >= 11 is 0. The zero-order valence-corrected chi connectivity index (χ0v) is 7.73. The minimum absolute atomic E-state index is 0.379. The minimum atomic E-state index is -0.379. The van der Waals surface area contributed by atoms with E-state index in [1.165, 1.54) is 0 Å². The second-order valence-corrected chi connectivity index (χ2v) is 2.97. The highest BCUT2D eigenvalue weighted by atomic mass is 16.6. The number of aliphatic hydroxyl groups excluding tert-OH is 1. The third kappa shape index (κ3) is 4.62. The fourth-order valence-electron chi connectivity index (χ4n) is 0.888. The van der Waals surface area contributed by atoms with Crippen LogP contribution in [-0.2, 0) is 11.4 Å². The standard InChI is InChI=1S/C10H15NO2/c1-9(12)7-11-13-8-10-5-3-2-4-6-10/h2-6,9,11-12H,7-8H2,1H3. The molecular formula is C10H15NO2. The minimum Gasteiger partial charge on any atom is -0.392 e.